The van der Waals surface area contributed by atoms with Gasteiger partial charge in [-0.1, -0.05) is 6.08 Å². The lowest BCUT2D eigenvalue weighted by atomic mass is 10.3. The van der Waals surface area contributed by atoms with E-state index in [1.54, 1.807) is 0 Å². The Kier molecular flexibility index (Phi) is 3.09. The van der Waals surface area contributed by atoms with E-state index in [1.807, 2.05) is 40.2 Å². The number of ether oxygens (including phenoxy) is 2. The first-order valence-corrected chi connectivity index (χ1v) is 6.01. The topological polar surface area (TPSA) is 38.8 Å². The largest absolute Gasteiger partial charge is 0.338 e. The van der Waals surface area contributed by atoms with Gasteiger partial charge in [-0.3, -0.25) is 9.10 Å². The summed E-state index contributed by atoms with van der Waals surface area (Å²) in [6.07, 6.45) is 10.4. The number of carbonyl (C=O) groups excluding carboxylic acids is 1. The zero-order valence-corrected chi connectivity index (χ0v) is 9.94. The number of hydrogen-bond acceptors (Lipinski definition) is 4. The molecule has 0 N–H and O–H groups in total. The van der Waals surface area contributed by atoms with Gasteiger partial charge in [0.2, 0.25) is 0 Å². The SMILES string of the molecule is COC(C=O)(OC)S1=CC=C2C=CC=CN21. The van der Waals surface area contributed by atoms with E-state index in [0.29, 0.717) is 6.29 Å². The molecule has 2 rings (SSSR count). The minimum absolute atomic E-state index is 0.575. The molecule has 5 heteroatoms. The molecule has 1 unspecified atom stereocenters. The maximum absolute atomic E-state index is 11.2. The summed E-state index contributed by atoms with van der Waals surface area (Å²) in [4.78, 5) is 11.2. The summed E-state index contributed by atoms with van der Waals surface area (Å²) in [6.45, 7) is 0. The van der Waals surface area contributed by atoms with Crippen LogP contribution in [0.15, 0.2) is 36.2 Å². The van der Waals surface area contributed by atoms with Crippen molar-refractivity contribution < 1.29 is 14.3 Å². The molecule has 0 aromatic heterocycles. The molecule has 0 radical (unpaired) electrons. The fraction of sp³-hybridized carbons (Fsp3) is 0.273. The number of carbonyl (C=O) groups is 1. The molecule has 1 atom stereocenters. The molecule has 0 aromatic carbocycles. The summed E-state index contributed by atoms with van der Waals surface area (Å²) in [7, 11) is 2.37. The highest BCUT2D eigenvalue weighted by molar-refractivity contribution is 8.15. The van der Waals surface area contributed by atoms with Crippen LogP contribution in [0.3, 0.4) is 0 Å². The molecule has 0 saturated carbocycles. The van der Waals surface area contributed by atoms with Crippen LogP contribution in [0.5, 0.6) is 0 Å². The van der Waals surface area contributed by atoms with Gasteiger partial charge in [0, 0.05) is 20.4 Å². The Balaban J connectivity index is 2.34. The third-order valence-electron chi connectivity index (χ3n) is 2.44. The molecule has 2 aliphatic rings. The van der Waals surface area contributed by atoms with Crippen molar-refractivity contribution in [1.82, 2.24) is 4.31 Å². The van der Waals surface area contributed by atoms with Crippen molar-refractivity contribution in [2.45, 2.75) is 5.12 Å². The minimum atomic E-state index is -1.23. The Bertz CT molecular complexity index is 419. The van der Waals surface area contributed by atoms with Gasteiger partial charge in [0.1, 0.15) is 0 Å². The van der Waals surface area contributed by atoms with Crippen LogP contribution < -0.4 is 0 Å². The molecule has 0 spiro atoms. The third kappa shape index (κ3) is 1.57. The first-order valence-electron chi connectivity index (χ1n) is 4.76. The predicted octanol–water partition coefficient (Wildman–Crippen LogP) is 1.40. The van der Waals surface area contributed by atoms with E-state index < -0.39 is 15.8 Å². The van der Waals surface area contributed by atoms with Crippen molar-refractivity contribution in [1.29, 1.82) is 0 Å². The highest BCUT2D eigenvalue weighted by atomic mass is 32.2. The van der Waals surface area contributed by atoms with Crippen LogP contribution in [-0.4, -0.2) is 35.3 Å². The Labute approximate surface area is 96.9 Å². The van der Waals surface area contributed by atoms with Gasteiger partial charge < -0.3 is 9.47 Å². The predicted molar refractivity (Wildman–Crippen MR) is 64.7 cm³/mol. The number of hydrogen-bond donors (Lipinski definition) is 0. The highest BCUT2D eigenvalue weighted by Gasteiger charge is 2.38. The lowest BCUT2D eigenvalue weighted by molar-refractivity contribution is -0.155. The number of aldehydes is 1. The molecular formula is C11H13NO3S. The zero-order valence-electron chi connectivity index (χ0n) is 9.12. The Hall–Kier alpha value is -1.17. The van der Waals surface area contributed by atoms with E-state index in [4.69, 9.17) is 9.47 Å². The molecule has 0 aromatic rings. The maximum Gasteiger partial charge on any atom is 0.289 e. The van der Waals surface area contributed by atoms with Crippen molar-refractivity contribution in [3.05, 3.63) is 36.2 Å². The minimum Gasteiger partial charge on any atom is -0.338 e. The van der Waals surface area contributed by atoms with Gasteiger partial charge in [-0.15, -0.1) is 0 Å². The Morgan fingerprint density at radius 3 is 2.75 bits per heavy atom. The van der Waals surface area contributed by atoms with Crippen molar-refractivity contribution in [2.24, 2.45) is 0 Å². The summed E-state index contributed by atoms with van der Waals surface area (Å²) < 4.78 is 12.4. The molecular weight excluding hydrogens is 226 g/mol. The van der Waals surface area contributed by atoms with Crippen LogP contribution in [0.4, 0.5) is 0 Å². The molecule has 0 amide bonds. The first kappa shape index (κ1) is 11.3. The molecule has 2 heterocycles. The van der Waals surface area contributed by atoms with Gasteiger partial charge >= 0.3 is 0 Å². The van der Waals surface area contributed by atoms with Crippen molar-refractivity contribution in [3.8, 4) is 0 Å². The summed E-state index contributed by atoms with van der Waals surface area (Å²) in [5, 5.41) is 0.699. The molecule has 0 saturated heterocycles. The van der Waals surface area contributed by atoms with Gasteiger partial charge in [0.25, 0.3) is 5.12 Å². The van der Waals surface area contributed by atoms with Crippen LogP contribution in [-0.2, 0) is 14.3 Å². The molecule has 0 fully saturated rings. The second kappa shape index (κ2) is 4.37. The molecule has 0 bridgehead atoms. The Morgan fingerprint density at radius 1 is 1.38 bits per heavy atom. The average Bonchev–Trinajstić information content (AvgIpc) is 2.77. The normalized spacial score (nSPS) is 22.8. The van der Waals surface area contributed by atoms with E-state index >= 15 is 0 Å². The van der Waals surface area contributed by atoms with Crippen molar-refractivity contribution in [2.75, 3.05) is 14.2 Å². The standard InChI is InChI=1S/C11H13NO3S/c1-14-11(9-13,15-2)16-8-6-10-5-3-4-7-12(10)16/h3-9H,1-2H3. The van der Waals surface area contributed by atoms with E-state index in [0.717, 1.165) is 5.70 Å². The molecule has 16 heavy (non-hydrogen) atoms. The number of allylic oxidation sites excluding steroid dienone is 4. The smallest absolute Gasteiger partial charge is 0.289 e. The van der Waals surface area contributed by atoms with Gasteiger partial charge in [-0.05, 0) is 34.3 Å². The third-order valence-corrected chi connectivity index (χ3v) is 4.60. The lowest BCUT2D eigenvalue weighted by Crippen LogP contribution is -2.36. The van der Waals surface area contributed by atoms with Crippen LogP contribution in [0.25, 0.3) is 0 Å². The van der Waals surface area contributed by atoms with Crippen LogP contribution in [0, 0.1) is 0 Å². The van der Waals surface area contributed by atoms with E-state index in [1.165, 1.54) is 14.2 Å². The second-order valence-corrected chi connectivity index (χ2v) is 5.06. The van der Waals surface area contributed by atoms with E-state index in [-0.39, 0.29) is 0 Å². The quantitative estimate of drug-likeness (QED) is 0.422. The van der Waals surface area contributed by atoms with Crippen molar-refractivity contribution in [3.63, 3.8) is 0 Å². The van der Waals surface area contributed by atoms with E-state index in [9.17, 15) is 4.79 Å². The Morgan fingerprint density at radius 2 is 2.12 bits per heavy atom. The number of rotatable bonds is 4. The molecule has 0 aliphatic carbocycles. The number of fused-ring (bicyclic) bond motifs is 1. The van der Waals surface area contributed by atoms with Crippen LogP contribution in [0.1, 0.15) is 0 Å². The monoisotopic (exact) mass is 239 g/mol. The number of nitrogens with zero attached hydrogens (tertiary/aromatic N) is 1. The zero-order chi connectivity index (χ0) is 11.6. The summed E-state index contributed by atoms with van der Waals surface area (Å²) >= 11 is 0. The summed E-state index contributed by atoms with van der Waals surface area (Å²) in [5.41, 5.74) is 1.03. The van der Waals surface area contributed by atoms with Gasteiger partial charge in [0.15, 0.2) is 6.29 Å². The fourth-order valence-corrected chi connectivity index (χ4v) is 3.43. The molecule has 4 nitrogen and oxygen atoms in total. The highest BCUT2D eigenvalue weighted by Crippen LogP contribution is 2.42. The fourth-order valence-electron chi connectivity index (χ4n) is 1.58. The lowest BCUT2D eigenvalue weighted by Gasteiger charge is -2.33. The summed E-state index contributed by atoms with van der Waals surface area (Å²) in [6, 6.07) is 0. The first-order chi connectivity index (χ1) is 7.77. The van der Waals surface area contributed by atoms with E-state index in [2.05, 4.69) is 0 Å². The number of methoxy groups -OCH3 is 2. The van der Waals surface area contributed by atoms with Gasteiger partial charge in [-0.25, -0.2) is 0 Å². The maximum atomic E-state index is 11.2. The average molecular weight is 239 g/mol. The molecule has 2 aliphatic heterocycles. The van der Waals surface area contributed by atoms with Gasteiger partial charge in [0.05, 0.1) is 5.70 Å². The van der Waals surface area contributed by atoms with Crippen molar-refractivity contribution >= 4 is 22.3 Å². The van der Waals surface area contributed by atoms with Crippen LogP contribution >= 0.6 is 10.7 Å². The molecule has 86 valence electrons. The summed E-state index contributed by atoms with van der Waals surface area (Å²) in [5.74, 6) is 0. The van der Waals surface area contributed by atoms with Gasteiger partial charge in [-0.2, -0.15) is 0 Å². The second-order valence-electron chi connectivity index (χ2n) is 3.20. The van der Waals surface area contributed by atoms with Crippen LogP contribution in [0.2, 0.25) is 0 Å².